The molecule has 64 valence electrons. The summed E-state index contributed by atoms with van der Waals surface area (Å²) in [7, 11) is 1.18. The second-order valence-electron chi connectivity index (χ2n) is 1.92. The van der Waals surface area contributed by atoms with E-state index < -0.39 is 12.0 Å². The van der Waals surface area contributed by atoms with Gasteiger partial charge in [0.05, 0.1) is 7.11 Å². The molecule has 0 fully saturated rings. The summed E-state index contributed by atoms with van der Waals surface area (Å²) in [5.74, 6) is -0.570. The number of carbonyl (C=O) groups is 2. The fourth-order valence-electron chi connectivity index (χ4n) is 0.593. The van der Waals surface area contributed by atoms with Gasteiger partial charge in [-0.1, -0.05) is 0 Å². The molecule has 6 heteroatoms. The average Bonchev–Trinajstić information content (AvgIpc) is 2.56. The van der Waals surface area contributed by atoms with Crippen LogP contribution in [0.3, 0.4) is 0 Å². The number of aromatic nitrogens is 2. The molecule has 1 aromatic rings. The van der Waals surface area contributed by atoms with Crippen molar-refractivity contribution in [3.63, 3.8) is 0 Å². The number of nitrogens with one attached hydrogen (secondary N) is 2. The molecule has 0 aliphatic carbocycles. The number of carbonyl (C=O) groups excluding carboxylic acids is 2. The third kappa shape index (κ3) is 1.82. The number of aromatic amines is 1. The number of nitrogens with zero attached hydrogens (tertiary/aromatic N) is 1. The summed E-state index contributed by atoms with van der Waals surface area (Å²) >= 11 is 0. The van der Waals surface area contributed by atoms with Crippen LogP contribution in [0.25, 0.3) is 0 Å². The first kappa shape index (κ1) is 8.25. The van der Waals surface area contributed by atoms with Crippen LogP contribution in [0.15, 0.2) is 12.3 Å². The van der Waals surface area contributed by atoms with Gasteiger partial charge in [-0.25, -0.2) is 4.79 Å². The molecule has 2 amide bonds. The molecule has 0 spiro atoms. The zero-order chi connectivity index (χ0) is 8.97. The Bertz CT molecular complexity index is 280. The molecule has 0 saturated carbocycles. The highest BCUT2D eigenvalue weighted by Crippen LogP contribution is 1.90. The van der Waals surface area contributed by atoms with Crippen molar-refractivity contribution in [1.29, 1.82) is 0 Å². The second kappa shape index (κ2) is 3.51. The van der Waals surface area contributed by atoms with Gasteiger partial charge in [0, 0.05) is 6.20 Å². The molecule has 6 nitrogen and oxygen atoms in total. The van der Waals surface area contributed by atoms with Crippen molar-refractivity contribution < 1.29 is 14.3 Å². The van der Waals surface area contributed by atoms with E-state index in [1.807, 2.05) is 5.32 Å². The van der Waals surface area contributed by atoms with Crippen molar-refractivity contribution in [2.45, 2.75) is 0 Å². The van der Waals surface area contributed by atoms with E-state index in [-0.39, 0.29) is 5.69 Å². The van der Waals surface area contributed by atoms with Gasteiger partial charge in [0.25, 0.3) is 5.91 Å². The van der Waals surface area contributed by atoms with E-state index in [0.29, 0.717) is 0 Å². The average molecular weight is 169 g/mol. The molecule has 1 aromatic heterocycles. The quantitative estimate of drug-likeness (QED) is 0.615. The van der Waals surface area contributed by atoms with Crippen LogP contribution in [0, 0.1) is 0 Å². The van der Waals surface area contributed by atoms with Crippen molar-refractivity contribution in [2.75, 3.05) is 7.11 Å². The summed E-state index contributed by atoms with van der Waals surface area (Å²) in [6, 6.07) is 1.44. The largest absolute Gasteiger partial charge is 0.453 e. The van der Waals surface area contributed by atoms with Crippen molar-refractivity contribution >= 4 is 12.0 Å². The minimum Gasteiger partial charge on any atom is -0.453 e. The Balaban J connectivity index is 2.56. The Labute approximate surface area is 67.9 Å². The third-order valence-electron chi connectivity index (χ3n) is 1.15. The molecule has 0 radical (unpaired) electrons. The van der Waals surface area contributed by atoms with Gasteiger partial charge in [-0.3, -0.25) is 15.2 Å². The van der Waals surface area contributed by atoms with E-state index in [0.717, 1.165) is 0 Å². The van der Waals surface area contributed by atoms with E-state index in [2.05, 4.69) is 14.9 Å². The number of imide groups is 1. The monoisotopic (exact) mass is 169 g/mol. The number of rotatable bonds is 1. The molecular formula is C6H7N3O3. The zero-order valence-electron chi connectivity index (χ0n) is 6.33. The normalized spacial score (nSPS) is 9.08. The van der Waals surface area contributed by atoms with E-state index in [9.17, 15) is 9.59 Å². The first-order chi connectivity index (χ1) is 5.74. The van der Waals surface area contributed by atoms with E-state index in [1.165, 1.54) is 19.4 Å². The molecule has 1 heterocycles. The number of methoxy groups -OCH3 is 1. The Morgan fingerprint density at radius 1 is 1.67 bits per heavy atom. The lowest BCUT2D eigenvalue weighted by atomic mass is 10.4. The van der Waals surface area contributed by atoms with E-state index in [1.54, 1.807) is 0 Å². The fraction of sp³-hybridized carbons (Fsp3) is 0.167. The van der Waals surface area contributed by atoms with Gasteiger partial charge in [0.2, 0.25) is 0 Å². The van der Waals surface area contributed by atoms with Crippen molar-refractivity contribution in [3.05, 3.63) is 18.0 Å². The summed E-state index contributed by atoms with van der Waals surface area (Å²) < 4.78 is 4.21. The molecule has 2 N–H and O–H groups in total. The maximum absolute atomic E-state index is 11.0. The van der Waals surface area contributed by atoms with Crippen LogP contribution in [-0.4, -0.2) is 29.3 Å². The van der Waals surface area contributed by atoms with E-state index >= 15 is 0 Å². The van der Waals surface area contributed by atoms with Crippen LogP contribution in [0.1, 0.15) is 10.5 Å². The minimum absolute atomic E-state index is 0.209. The lowest BCUT2D eigenvalue weighted by Crippen LogP contribution is -2.30. The highest BCUT2D eigenvalue weighted by molar-refractivity contribution is 6.01. The lowest BCUT2D eigenvalue weighted by Gasteiger charge is -1.98. The number of H-pyrrole nitrogens is 1. The molecule has 0 aromatic carbocycles. The molecule has 1 rings (SSSR count). The highest BCUT2D eigenvalue weighted by Gasteiger charge is 2.10. The number of amides is 2. The maximum atomic E-state index is 11.0. The fourth-order valence-corrected chi connectivity index (χ4v) is 0.593. The summed E-state index contributed by atoms with van der Waals surface area (Å²) in [5, 5.41) is 7.90. The molecule has 12 heavy (non-hydrogen) atoms. The molecule has 0 saturated heterocycles. The standard InChI is InChI=1S/C6H7N3O3/c1-12-6(11)8-5(10)4-2-3-7-9-4/h2-3H,1H3,(H,7,9)(H,8,10,11). The van der Waals surface area contributed by atoms with Crippen LogP contribution in [0.2, 0.25) is 0 Å². The molecule has 0 bridgehead atoms. The van der Waals surface area contributed by atoms with Gasteiger partial charge in [-0.05, 0) is 6.07 Å². The molecule has 0 aliphatic rings. The van der Waals surface area contributed by atoms with Crippen LogP contribution < -0.4 is 5.32 Å². The van der Waals surface area contributed by atoms with E-state index in [4.69, 9.17) is 0 Å². The Kier molecular flexibility index (Phi) is 2.42. The smallest absolute Gasteiger partial charge is 0.413 e. The molecule has 0 aliphatic heterocycles. The Hall–Kier alpha value is -1.85. The van der Waals surface area contributed by atoms with Gasteiger partial charge in [0.15, 0.2) is 0 Å². The summed E-state index contributed by atoms with van der Waals surface area (Å²) in [4.78, 5) is 21.5. The number of hydrogen-bond donors (Lipinski definition) is 2. The SMILES string of the molecule is COC(=O)NC(=O)c1ccn[nH]1. The van der Waals surface area contributed by atoms with Gasteiger partial charge in [-0.15, -0.1) is 0 Å². The molecular weight excluding hydrogens is 162 g/mol. The zero-order valence-corrected chi connectivity index (χ0v) is 6.33. The first-order valence-electron chi connectivity index (χ1n) is 3.12. The molecule has 0 atom stereocenters. The van der Waals surface area contributed by atoms with Gasteiger partial charge in [-0.2, -0.15) is 5.10 Å². The first-order valence-corrected chi connectivity index (χ1v) is 3.12. The van der Waals surface area contributed by atoms with Crippen LogP contribution >= 0.6 is 0 Å². The van der Waals surface area contributed by atoms with Crippen LogP contribution in [0.4, 0.5) is 4.79 Å². The number of ether oxygens (including phenoxy) is 1. The lowest BCUT2D eigenvalue weighted by molar-refractivity contribution is 0.0932. The summed E-state index contributed by atoms with van der Waals surface area (Å²) in [5.41, 5.74) is 0.209. The predicted molar refractivity (Wildman–Crippen MR) is 38.5 cm³/mol. The third-order valence-corrected chi connectivity index (χ3v) is 1.15. The topological polar surface area (TPSA) is 84.1 Å². The highest BCUT2D eigenvalue weighted by atomic mass is 16.5. The minimum atomic E-state index is -0.797. The predicted octanol–water partition coefficient (Wildman–Crippen LogP) is -0.0941. The summed E-state index contributed by atoms with van der Waals surface area (Å²) in [6.45, 7) is 0. The van der Waals surface area contributed by atoms with Gasteiger partial charge in [0.1, 0.15) is 5.69 Å². The van der Waals surface area contributed by atoms with Crippen LogP contribution in [-0.2, 0) is 4.74 Å². The van der Waals surface area contributed by atoms with Crippen LogP contribution in [0.5, 0.6) is 0 Å². The van der Waals surface area contributed by atoms with Gasteiger partial charge < -0.3 is 4.74 Å². The second-order valence-corrected chi connectivity index (χ2v) is 1.92. The van der Waals surface area contributed by atoms with Gasteiger partial charge >= 0.3 is 6.09 Å². The van der Waals surface area contributed by atoms with Crippen molar-refractivity contribution in [3.8, 4) is 0 Å². The number of alkyl carbamates (subject to hydrolysis) is 1. The Morgan fingerprint density at radius 3 is 2.92 bits per heavy atom. The van der Waals surface area contributed by atoms with Crippen molar-refractivity contribution in [1.82, 2.24) is 15.5 Å². The van der Waals surface area contributed by atoms with Crippen molar-refractivity contribution in [2.24, 2.45) is 0 Å². The summed E-state index contributed by atoms with van der Waals surface area (Å²) in [6.07, 6.45) is 0.612. The Morgan fingerprint density at radius 2 is 2.42 bits per heavy atom. The maximum Gasteiger partial charge on any atom is 0.413 e. The number of hydrogen-bond acceptors (Lipinski definition) is 4. The molecule has 0 unspecified atom stereocenters.